The van der Waals surface area contributed by atoms with Crippen molar-refractivity contribution in [3.05, 3.63) is 39.4 Å². The van der Waals surface area contributed by atoms with E-state index in [0.29, 0.717) is 5.56 Å². The molecule has 1 aromatic carbocycles. The summed E-state index contributed by atoms with van der Waals surface area (Å²) in [4.78, 5) is 20.4. The molecule has 0 aliphatic rings. The number of aliphatic carboxylic acids is 1. The van der Waals surface area contributed by atoms with E-state index in [0.717, 1.165) is 0 Å². The van der Waals surface area contributed by atoms with Crippen molar-refractivity contribution in [2.45, 2.75) is 19.4 Å². The van der Waals surface area contributed by atoms with E-state index in [-0.39, 0.29) is 11.3 Å². The van der Waals surface area contributed by atoms with E-state index in [4.69, 9.17) is 5.11 Å². The Balaban J connectivity index is 3.02. The summed E-state index contributed by atoms with van der Waals surface area (Å²) < 4.78 is 0. The van der Waals surface area contributed by atoms with E-state index in [1.54, 1.807) is 6.92 Å². The van der Waals surface area contributed by atoms with E-state index in [9.17, 15) is 20.0 Å². The van der Waals surface area contributed by atoms with Crippen LogP contribution in [-0.2, 0) is 4.79 Å². The molecule has 0 bridgehead atoms. The molecular formula is C10H11NO5. The lowest BCUT2D eigenvalue weighted by Gasteiger charge is -2.08. The largest absolute Gasteiger partial charge is 0.481 e. The number of rotatable bonds is 4. The van der Waals surface area contributed by atoms with Crippen molar-refractivity contribution >= 4 is 11.7 Å². The number of hydrogen-bond acceptors (Lipinski definition) is 4. The highest BCUT2D eigenvalue weighted by Crippen LogP contribution is 2.24. The van der Waals surface area contributed by atoms with Crippen molar-refractivity contribution in [1.29, 1.82) is 0 Å². The summed E-state index contributed by atoms with van der Waals surface area (Å²) in [5.74, 6) is -1.16. The fourth-order valence-corrected chi connectivity index (χ4v) is 1.31. The van der Waals surface area contributed by atoms with E-state index in [1.807, 2.05) is 0 Å². The zero-order valence-corrected chi connectivity index (χ0v) is 8.58. The van der Waals surface area contributed by atoms with Crippen LogP contribution in [0.15, 0.2) is 18.2 Å². The predicted octanol–water partition coefficient (Wildman–Crippen LogP) is 1.41. The summed E-state index contributed by atoms with van der Waals surface area (Å²) in [5.41, 5.74) is 0.581. The molecule has 1 rings (SSSR count). The van der Waals surface area contributed by atoms with Crippen LogP contribution in [-0.4, -0.2) is 21.1 Å². The second-order valence-electron chi connectivity index (χ2n) is 3.42. The first-order valence-corrected chi connectivity index (χ1v) is 4.56. The monoisotopic (exact) mass is 225 g/mol. The molecule has 1 aromatic rings. The van der Waals surface area contributed by atoms with Crippen molar-refractivity contribution in [3.63, 3.8) is 0 Å². The summed E-state index contributed by atoms with van der Waals surface area (Å²) in [6, 6.07) is 4.16. The number of nitro groups is 1. The van der Waals surface area contributed by atoms with Crippen molar-refractivity contribution in [1.82, 2.24) is 0 Å². The number of carbonyl (C=O) groups is 1. The minimum Gasteiger partial charge on any atom is -0.481 e. The highest BCUT2D eigenvalue weighted by molar-refractivity contribution is 5.67. The molecule has 6 nitrogen and oxygen atoms in total. The fourth-order valence-electron chi connectivity index (χ4n) is 1.31. The Morgan fingerprint density at radius 1 is 1.56 bits per heavy atom. The lowest BCUT2D eigenvalue weighted by molar-refractivity contribution is -0.385. The molecule has 0 radical (unpaired) electrons. The molecule has 0 unspecified atom stereocenters. The van der Waals surface area contributed by atoms with Crippen molar-refractivity contribution in [2.75, 3.05) is 0 Å². The standard InChI is InChI=1S/C10H11NO5/c1-6-2-3-7(4-8(6)11(15)16)9(12)5-10(13)14/h2-4,9,12H,5H2,1H3,(H,13,14)/t9-/m1/s1. The van der Waals surface area contributed by atoms with Gasteiger partial charge < -0.3 is 10.2 Å². The summed E-state index contributed by atoms with van der Waals surface area (Å²) in [6.07, 6.45) is -1.70. The van der Waals surface area contributed by atoms with Gasteiger partial charge >= 0.3 is 5.97 Å². The third-order valence-corrected chi connectivity index (χ3v) is 2.18. The summed E-state index contributed by atoms with van der Waals surface area (Å²) in [7, 11) is 0. The number of aliphatic hydroxyl groups excluding tert-OH is 1. The van der Waals surface area contributed by atoms with Gasteiger partial charge in [-0.2, -0.15) is 0 Å². The average Bonchev–Trinajstić information content (AvgIpc) is 2.16. The lowest BCUT2D eigenvalue weighted by Crippen LogP contribution is -2.06. The normalized spacial score (nSPS) is 12.1. The van der Waals surface area contributed by atoms with Crippen LogP contribution in [0.2, 0.25) is 0 Å². The minimum absolute atomic E-state index is 0.123. The second-order valence-corrected chi connectivity index (χ2v) is 3.42. The Morgan fingerprint density at radius 2 is 2.19 bits per heavy atom. The molecule has 0 heterocycles. The van der Waals surface area contributed by atoms with Crippen LogP contribution in [0.3, 0.4) is 0 Å². The average molecular weight is 225 g/mol. The van der Waals surface area contributed by atoms with E-state index in [1.165, 1.54) is 18.2 Å². The van der Waals surface area contributed by atoms with Gasteiger partial charge in [-0.25, -0.2) is 0 Å². The van der Waals surface area contributed by atoms with Gasteiger partial charge in [-0.1, -0.05) is 12.1 Å². The fraction of sp³-hybridized carbons (Fsp3) is 0.300. The molecule has 0 saturated carbocycles. The van der Waals surface area contributed by atoms with Crippen LogP contribution in [0.4, 0.5) is 5.69 Å². The maximum atomic E-state index is 10.6. The molecule has 86 valence electrons. The molecular weight excluding hydrogens is 214 g/mol. The summed E-state index contributed by atoms with van der Waals surface area (Å²) in [5, 5.41) is 28.6. The van der Waals surface area contributed by atoms with Gasteiger partial charge in [0.15, 0.2) is 0 Å². The number of aliphatic hydroxyl groups is 1. The molecule has 0 fully saturated rings. The summed E-state index contributed by atoms with van der Waals surface area (Å²) in [6.45, 7) is 1.57. The van der Waals surface area contributed by atoms with E-state index in [2.05, 4.69) is 0 Å². The van der Waals surface area contributed by atoms with Gasteiger partial charge in [-0.15, -0.1) is 0 Å². The first-order chi connectivity index (χ1) is 7.41. The lowest BCUT2D eigenvalue weighted by atomic mass is 10.0. The minimum atomic E-state index is -1.23. The quantitative estimate of drug-likeness (QED) is 0.596. The molecule has 1 atom stereocenters. The van der Waals surface area contributed by atoms with Gasteiger partial charge in [0.1, 0.15) is 0 Å². The smallest absolute Gasteiger partial charge is 0.306 e. The van der Waals surface area contributed by atoms with Gasteiger partial charge in [0.05, 0.1) is 17.4 Å². The van der Waals surface area contributed by atoms with Crippen LogP contribution in [0.5, 0.6) is 0 Å². The topological polar surface area (TPSA) is 101 Å². The molecule has 16 heavy (non-hydrogen) atoms. The van der Waals surface area contributed by atoms with Crippen LogP contribution in [0.25, 0.3) is 0 Å². The van der Waals surface area contributed by atoms with Crippen molar-refractivity contribution in [2.24, 2.45) is 0 Å². The number of hydrogen-bond donors (Lipinski definition) is 2. The van der Waals surface area contributed by atoms with Crippen LogP contribution in [0.1, 0.15) is 23.7 Å². The summed E-state index contributed by atoms with van der Waals surface area (Å²) >= 11 is 0. The Bertz CT molecular complexity index is 429. The molecule has 0 spiro atoms. The zero-order chi connectivity index (χ0) is 12.3. The first kappa shape index (κ1) is 12.1. The van der Waals surface area contributed by atoms with Crippen LogP contribution < -0.4 is 0 Å². The van der Waals surface area contributed by atoms with Gasteiger partial charge in [-0.05, 0) is 12.5 Å². The number of nitro benzene ring substituents is 1. The molecule has 0 aliphatic carbocycles. The molecule has 2 N–H and O–H groups in total. The van der Waals surface area contributed by atoms with Crippen LogP contribution in [0, 0.1) is 17.0 Å². The maximum absolute atomic E-state index is 10.6. The Hall–Kier alpha value is -1.95. The van der Waals surface area contributed by atoms with Crippen LogP contribution >= 0.6 is 0 Å². The third kappa shape index (κ3) is 2.77. The Labute approximate surface area is 91.3 Å². The Morgan fingerprint density at radius 3 is 2.69 bits per heavy atom. The van der Waals surface area contributed by atoms with Crippen molar-refractivity contribution in [3.8, 4) is 0 Å². The molecule has 0 aromatic heterocycles. The number of nitrogens with zero attached hydrogens (tertiary/aromatic N) is 1. The zero-order valence-electron chi connectivity index (χ0n) is 8.58. The number of aryl methyl sites for hydroxylation is 1. The SMILES string of the molecule is Cc1ccc([C@H](O)CC(=O)O)cc1[N+](=O)[O-]. The molecule has 0 aliphatic heterocycles. The van der Waals surface area contributed by atoms with Gasteiger partial charge in [-0.3, -0.25) is 14.9 Å². The van der Waals surface area contributed by atoms with Gasteiger partial charge in [0.2, 0.25) is 0 Å². The first-order valence-electron chi connectivity index (χ1n) is 4.56. The van der Waals surface area contributed by atoms with E-state index < -0.39 is 23.4 Å². The highest BCUT2D eigenvalue weighted by Gasteiger charge is 2.17. The molecule has 0 saturated heterocycles. The maximum Gasteiger partial charge on any atom is 0.306 e. The number of carboxylic acid groups (broad SMARTS) is 1. The van der Waals surface area contributed by atoms with Gasteiger partial charge in [0, 0.05) is 11.6 Å². The Kier molecular flexibility index (Phi) is 3.57. The van der Waals surface area contributed by atoms with Crippen molar-refractivity contribution < 1.29 is 19.9 Å². The highest BCUT2D eigenvalue weighted by atomic mass is 16.6. The predicted molar refractivity (Wildman–Crippen MR) is 55.0 cm³/mol. The van der Waals surface area contributed by atoms with E-state index >= 15 is 0 Å². The molecule has 0 amide bonds. The number of carboxylic acids is 1. The second kappa shape index (κ2) is 4.71. The van der Waals surface area contributed by atoms with Gasteiger partial charge in [0.25, 0.3) is 5.69 Å². The number of benzene rings is 1. The molecule has 6 heteroatoms. The third-order valence-electron chi connectivity index (χ3n) is 2.18.